The molecule has 0 spiro atoms. The number of benzene rings is 3. The normalized spacial score (nSPS) is 16.4. The van der Waals surface area contributed by atoms with Gasteiger partial charge in [0.2, 0.25) is 0 Å². The zero-order valence-corrected chi connectivity index (χ0v) is 21.6. The Balaban J connectivity index is 1.12. The second kappa shape index (κ2) is 10.9. The van der Waals surface area contributed by atoms with E-state index in [4.69, 9.17) is 4.74 Å². The van der Waals surface area contributed by atoms with Gasteiger partial charge >= 0.3 is 0 Å². The predicted octanol–water partition coefficient (Wildman–Crippen LogP) is 3.71. The summed E-state index contributed by atoms with van der Waals surface area (Å²) in [5, 5.41) is 18.1. The van der Waals surface area contributed by atoms with E-state index in [9.17, 15) is 14.7 Å². The van der Waals surface area contributed by atoms with Gasteiger partial charge in [-0.15, -0.1) is 0 Å². The first-order chi connectivity index (χ1) is 19.0. The van der Waals surface area contributed by atoms with Crippen molar-refractivity contribution in [2.75, 3.05) is 49.6 Å². The van der Waals surface area contributed by atoms with Gasteiger partial charge in [-0.1, -0.05) is 0 Å². The molecule has 0 atom stereocenters. The third-order valence-electron chi connectivity index (χ3n) is 7.44. The first kappa shape index (κ1) is 25.1. The van der Waals surface area contributed by atoms with Crippen LogP contribution in [0, 0.1) is 0 Å². The number of aromatic nitrogens is 2. The monoisotopic (exact) mass is 525 g/mol. The number of amides is 2. The Labute approximate surface area is 226 Å². The zero-order chi connectivity index (χ0) is 26.8. The van der Waals surface area contributed by atoms with Crippen molar-refractivity contribution in [3.63, 3.8) is 0 Å². The summed E-state index contributed by atoms with van der Waals surface area (Å²) in [4.78, 5) is 29.7. The fourth-order valence-corrected chi connectivity index (χ4v) is 5.16. The molecule has 4 aromatic rings. The maximum absolute atomic E-state index is 12.9. The van der Waals surface area contributed by atoms with E-state index in [-0.39, 0.29) is 17.9 Å². The van der Waals surface area contributed by atoms with E-state index in [2.05, 4.69) is 15.3 Å². The van der Waals surface area contributed by atoms with Gasteiger partial charge in [-0.3, -0.25) is 9.59 Å². The molecular formula is C30H31N5O4. The van der Waals surface area contributed by atoms with E-state index >= 15 is 0 Å². The molecule has 1 aromatic heterocycles. The Morgan fingerprint density at radius 3 is 2.23 bits per heavy atom. The van der Waals surface area contributed by atoms with Gasteiger partial charge in [0.1, 0.15) is 0 Å². The van der Waals surface area contributed by atoms with Crippen LogP contribution in [0.5, 0.6) is 0 Å². The van der Waals surface area contributed by atoms with Crippen LogP contribution in [0.1, 0.15) is 33.6 Å². The van der Waals surface area contributed by atoms with Crippen molar-refractivity contribution in [3.05, 3.63) is 84.1 Å². The van der Waals surface area contributed by atoms with Crippen LogP contribution in [0.4, 0.5) is 11.4 Å². The van der Waals surface area contributed by atoms with Crippen molar-refractivity contribution in [1.29, 1.82) is 0 Å². The SMILES string of the molecule is O=C(Nc1ccc2c(cnn2-c2ccc(C(=O)N3CCOCC3)cc2)c1)c1ccc(N2CCC(O)CC2)cc1. The highest BCUT2D eigenvalue weighted by atomic mass is 16.5. The molecule has 200 valence electrons. The molecule has 2 aliphatic heterocycles. The number of hydrogen-bond acceptors (Lipinski definition) is 6. The molecule has 6 rings (SSSR count). The molecule has 3 heterocycles. The summed E-state index contributed by atoms with van der Waals surface area (Å²) in [5.74, 6) is -0.167. The molecule has 0 bridgehead atoms. The summed E-state index contributed by atoms with van der Waals surface area (Å²) in [6.45, 7) is 4.00. The third kappa shape index (κ3) is 5.36. The number of nitrogens with one attached hydrogen (secondary N) is 1. The van der Waals surface area contributed by atoms with Crippen molar-refractivity contribution in [3.8, 4) is 5.69 Å². The summed E-state index contributed by atoms with van der Waals surface area (Å²) in [7, 11) is 0. The van der Waals surface area contributed by atoms with Crippen molar-refractivity contribution < 1.29 is 19.4 Å². The molecule has 2 fully saturated rings. The number of hydrogen-bond donors (Lipinski definition) is 2. The second-order valence-electron chi connectivity index (χ2n) is 10.0. The minimum Gasteiger partial charge on any atom is -0.393 e. The minimum absolute atomic E-state index is 0.0107. The number of piperidine rings is 1. The number of fused-ring (bicyclic) bond motifs is 1. The molecule has 0 radical (unpaired) electrons. The van der Waals surface area contributed by atoms with E-state index < -0.39 is 0 Å². The first-order valence-electron chi connectivity index (χ1n) is 13.3. The van der Waals surface area contributed by atoms with Gasteiger partial charge in [0, 0.05) is 54.1 Å². The topological polar surface area (TPSA) is 99.9 Å². The molecule has 39 heavy (non-hydrogen) atoms. The molecule has 0 saturated carbocycles. The molecule has 9 nitrogen and oxygen atoms in total. The zero-order valence-electron chi connectivity index (χ0n) is 21.6. The van der Waals surface area contributed by atoms with Crippen molar-refractivity contribution in [2.24, 2.45) is 0 Å². The number of ether oxygens (including phenoxy) is 1. The average molecular weight is 526 g/mol. The summed E-state index contributed by atoms with van der Waals surface area (Å²) in [6.07, 6.45) is 3.08. The summed E-state index contributed by atoms with van der Waals surface area (Å²) < 4.78 is 7.16. The van der Waals surface area contributed by atoms with Gasteiger partial charge in [-0.2, -0.15) is 5.10 Å². The Morgan fingerprint density at radius 2 is 1.51 bits per heavy atom. The van der Waals surface area contributed by atoms with Gasteiger partial charge < -0.3 is 25.0 Å². The van der Waals surface area contributed by atoms with Crippen molar-refractivity contribution >= 4 is 34.1 Å². The average Bonchev–Trinajstić information content (AvgIpc) is 3.41. The predicted molar refractivity (Wildman–Crippen MR) is 150 cm³/mol. The molecule has 2 aliphatic rings. The number of carbonyl (C=O) groups excluding carboxylic acids is 2. The van der Waals surface area contributed by atoms with Crippen LogP contribution in [-0.2, 0) is 4.74 Å². The Kier molecular flexibility index (Phi) is 7.00. The summed E-state index contributed by atoms with van der Waals surface area (Å²) >= 11 is 0. The van der Waals surface area contributed by atoms with E-state index in [1.54, 1.807) is 6.20 Å². The van der Waals surface area contributed by atoms with Gasteiger partial charge in [-0.25, -0.2) is 4.68 Å². The number of anilines is 2. The van der Waals surface area contributed by atoms with Gasteiger partial charge in [-0.05, 0) is 79.6 Å². The Hall–Kier alpha value is -4.21. The lowest BCUT2D eigenvalue weighted by Gasteiger charge is -2.31. The molecule has 9 heteroatoms. The van der Waals surface area contributed by atoms with Gasteiger partial charge in [0.05, 0.1) is 36.7 Å². The lowest BCUT2D eigenvalue weighted by atomic mass is 10.1. The van der Waals surface area contributed by atoms with Crippen LogP contribution >= 0.6 is 0 Å². The lowest BCUT2D eigenvalue weighted by molar-refractivity contribution is 0.0303. The second-order valence-corrected chi connectivity index (χ2v) is 10.0. The van der Waals surface area contributed by atoms with E-state index in [1.807, 2.05) is 76.3 Å². The fraction of sp³-hybridized carbons (Fsp3) is 0.300. The highest BCUT2D eigenvalue weighted by Gasteiger charge is 2.19. The number of carbonyl (C=O) groups is 2. The Bertz CT molecular complexity index is 1470. The fourth-order valence-electron chi connectivity index (χ4n) is 5.16. The van der Waals surface area contributed by atoms with Crippen LogP contribution in [-0.4, -0.2) is 77.1 Å². The van der Waals surface area contributed by atoms with Crippen molar-refractivity contribution in [1.82, 2.24) is 14.7 Å². The first-order valence-corrected chi connectivity index (χ1v) is 13.3. The van der Waals surface area contributed by atoms with Crippen LogP contribution in [0.2, 0.25) is 0 Å². The molecular weight excluding hydrogens is 494 g/mol. The number of aliphatic hydroxyl groups is 1. The highest BCUT2D eigenvalue weighted by molar-refractivity contribution is 6.05. The molecule has 0 aliphatic carbocycles. The van der Waals surface area contributed by atoms with Crippen molar-refractivity contribution in [2.45, 2.75) is 18.9 Å². The summed E-state index contributed by atoms with van der Waals surface area (Å²) in [6, 6.07) is 20.7. The quantitative estimate of drug-likeness (QED) is 0.412. The lowest BCUT2D eigenvalue weighted by Crippen LogP contribution is -2.40. The number of nitrogens with zero attached hydrogens (tertiary/aromatic N) is 4. The molecule has 2 amide bonds. The number of morpholine rings is 1. The standard InChI is InChI=1S/C30H31N5O4/c36-27-11-13-33(14-12-27)25-6-1-21(2-7-25)29(37)32-24-5-10-28-23(19-24)20-31-35(28)26-8-3-22(4-9-26)30(38)34-15-17-39-18-16-34/h1-10,19-20,27,36H,11-18H2,(H,32,37). The van der Waals surface area contributed by atoms with Crippen LogP contribution in [0.3, 0.4) is 0 Å². The van der Waals surface area contributed by atoms with Crippen LogP contribution in [0.25, 0.3) is 16.6 Å². The molecule has 2 saturated heterocycles. The van der Waals surface area contributed by atoms with E-state index in [0.717, 1.165) is 48.2 Å². The largest absolute Gasteiger partial charge is 0.393 e. The van der Waals surface area contributed by atoms with Crippen LogP contribution < -0.4 is 10.2 Å². The highest BCUT2D eigenvalue weighted by Crippen LogP contribution is 2.24. The minimum atomic E-state index is -0.215. The molecule has 2 N–H and O–H groups in total. The number of aliphatic hydroxyl groups excluding tert-OH is 1. The van der Waals surface area contributed by atoms with Crippen LogP contribution in [0.15, 0.2) is 72.9 Å². The molecule has 3 aromatic carbocycles. The third-order valence-corrected chi connectivity index (χ3v) is 7.44. The maximum atomic E-state index is 12.9. The summed E-state index contributed by atoms with van der Waals surface area (Å²) in [5.41, 5.74) is 4.72. The van der Waals surface area contributed by atoms with E-state index in [0.29, 0.717) is 43.1 Å². The van der Waals surface area contributed by atoms with E-state index in [1.165, 1.54) is 0 Å². The molecule has 0 unspecified atom stereocenters. The van der Waals surface area contributed by atoms with Gasteiger partial charge in [0.25, 0.3) is 11.8 Å². The number of rotatable bonds is 5. The smallest absolute Gasteiger partial charge is 0.255 e. The van der Waals surface area contributed by atoms with Gasteiger partial charge in [0.15, 0.2) is 0 Å². The Morgan fingerprint density at radius 1 is 0.846 bits per heavy atom. The maximum Gasteiger partial charge on any atom is 0.255 e.